The van der Waals surface area contributed by atoms with Crippen LogP contribution >= 0.6 is 0 Å². The third kappa shape index (κ3) is 15.1. The van der Waals surface area contributed by atoms with Crippen molar-refractivity contribution in [2.45, 2.75) is 155 Å². The Balaban J connectivity index is 1.65. The summed E-state index contributed by atoms with van der Waals surface area (Å²) >= 11 is 0. The molecule has 14 heteroatoms. The van der Waals surface area contributed by atoms with Crippen LogP contribution in [0.1, 0.15) is 141 Å². The van der Waals surface area contributed by atoms with Crippen LogP contribution in [0, 0.1) is 5.92 Å². The summed E-state index contributed by atoms with van der Waals surface area (Å²) in [5.41, 5.74) is 1.27. The highest BCUT2D eigenvalue weighted by Crippen LogP contribution is 2.39. The van der Waals surface area contributed by atoms with Gasteiger partial charge in [-0.15, -0.1) is 0 Å². The number of unbranched alkanes of at least 4 members (excludes halogenated alkanes) is 10. The van der Waals surface area contributed by atoms with Crippen LogP contribution in [-0.2, 0) is 40.0 Å². The molecule has 0 fully saturated rings. The van der Waals surface area contributed by atoms with Gasteiger partial charge in [-0.05, 0) is 62.1 Å². The molecule has 14 nitrogen and oxygen atoms in total. The van der Waals surface area contributed by atoms with Crippen LogP contribution in [0.25, 0.3) is 11.1 Å². The Morgan fingerprint density at radius 3 is 1.95 bits per heavy atom. The SMILES string of the molecule is CCCCCCCCCCCCCC(=O)N(C)[C@H](CO)C(=O)N[C@H](C)C(=O)CCC(=O)N(C)[C@@H]1C(=O)C[C@@H](C)C(=O)N[C@H](C(C)=O)Cc2ccc(O)c(c2)-c2cc1ccc2O. The Bertz CT molecular complexity index is 1850. The highest BCUT2D eigenvalue weighted by molar-refractivity contribution is 5.97. The van der Waals surface area contributed by atoms with Gasteiger partial charge in [0.25, 0.3) is 0 Å². The number of rotatable bonds is 22. The number of nitrogens with zero attached hydrogens (tertiary/aromatic N) is 2. The second kappa shape index (κ2) is 25.0. The molecule has 4 amide bonds. The summed E-state index contributed by atoms with van der Waals surface area (Å²) in [6.07, 6.45) is 11.9. The summed E-state index contributed by atoms with van der Waals surface area (Å²) in [7, 11) is 2.84. The summed E-state index contributed by atoms with van der Waals surface area (Å²) in [5.74, 6) is -4.73. The first kappa shape index (κ1) is 50.2. The Hall–Kier alpha value is -5.11. The molecule has 1 heterocycles. The molecule has 2 aromatic rings. The molecule has 0 aromatic heterocycles. The lowest BCUT2D eigenvalue weighted by Gasteiger charge is -2.30. The Labute approximate surface area is 360 Å². The van der Waals surface area contributed by atoms with Gasteiger partial charge in [-0.2, -0.15) is 0 Å². The fourth-order valence-electron chi connectivity index (χ4n) is 7.67. The summed E-state index contributed by atoms with van der Waals surface area (Å²) in [6.45, 7) is 5.89. The molecule has 1 aliphatic rings. The van der Waals surface area contributed by atoms with Gasteiger partial charge in [0, 0.05) is 56.8 Å². The molecule has 1 aliphatic heterocycles. The summed E-state index contributed by atoms with van der Waals surface area (Å²) in [5, 5.41) is 37.0. The Morgan fingerprint density at radius 1 is 0.787 bits per heavy atom. The maximum absolute atomic E-state index is 14.0. The first-order valence-electron chi connectivity index (χ1n) is 21.9. The fourth-order valence-corrected chi connectivity index (χ4v) is 7.67. The molecule has 0 radical (unpaired) electrons. The standard InChI is InChI=1S/C47H68N4O10/c1-7-8-9-10-11-12-13-14-15-16-17-18-43(58)50(5)38(29-52)47(61)48-31(3)39(54)23-24-44(59)51(6)45-34-20-22-41(56)36(28-34)35-26-33(19-21-40(35)55)27-37(32(4)53)49-46(60)30(2)25-42(45)57/h19-22,26,28,30-31,37-38,45,52,55-56H,7-18,23-25,27,29H2,1-6H3,(H,48,61)(H,49,60)/t30-,31-,37+,38-,45+/m1/s1. The van der Waals surface area contributed by atoms with E-state index in [0.29, 0.717) is 12.0 Å². The monoisotopic (exact) mass is 848 g/mol. The van der Waals surface area contributed by atoms with Gasteiger partial charge in [0.05, 0.1) is 18.7 Å². The number of amides is 4. The van der Waals surface area contributed by atoms with Crippen LogP contribution in [0.15, 0.2) is 36.4 Å². The lowest BCUT2D eigenvalue weighted by molar-refractivity contribution is -0.142. The highest BCUT2D eigenvalue weighted by Gasteiger charge is 2.34. The van der Waals surface area contributed by atoms with E-state index in [9.17, 15) is 48.9 Å². The van der Waals surface area contributed by atoms with Crippen molar-refractivity contribution in [3.63, 3.8) is 0 Å². The zero-order valence-electron chi connectivity index (χ0n) is 37.0. The number of hydrogen-bond donors (Lipinski definition) is 5. The predicted molar refractivity (Wildman–Crippen MR) is 232 cm³/mol. The number of aliphatic hydroxyl groups is 1. The molecule has 61 heavy (non-hydrogen) atoms. The van der Waals surface area contributed by atoms with Crippen molar-refractivity contribution in [2.75, 3.05) is 20.7 Å². The Kier molecular flexibility index (Phi) is 20.6. The number of nitrogens with one attached hydrogen (secondary N) is 2. The molecule has 4 bridgehead atoms. The van der Waals surface area contributed by atoms with Crippen LogP contribution in [-0.4, -0.2) is 105 Å². The van der Waals surface area contributed by atoms with Crippen molar-refractivity contribution >= 4 is 41.0 Å². The second-order valence-electron chi connectivity index (χ2n) is 16.7. The maximum atomic E-state index is 14.0. The summed E-state index contributed by atoms with van der Waals surface area (Å²) in [4.78, 5) is 95.2. The van der Waals surface area contributed by atoms with Crippen LogP contribution in [0.2, 0.25) is 0 Å². The minimum Gasteiger partial charge on any atom is -0.507 e. The van der Waals surface area contributed by atoms with Crippen LogP contribution in [0.5, 0.6) is 11.5 Å². The average molecular weight is 849 g/mol. The van der Waals surface area contributed by atoms with E-state index in [2.05, 4.69) is 17.6 Å². The van der Waals surface area contributed by atoms with E-state index in [0.717, 1.165) is 24.2 Å². The lowest BCUT2D eigenvalue weighted by atomic mass is 9.89. The summed E-state index contributed by atoms with van der Waals surface area (Å²) in [6, 6.07) is 4.43. The third-order valence-corrected chi connectivity index (χ3v) is 11.7. The fraction of sp³-hybridized carbons (Fsp3) is 0.596. The average Bonchev–Trinajstić information content (AvgIpc) is 3.22. The van der Waals surface area contributed by atoms with Crippen molar-refractivity contribution < 1.29 is 48.9 Å². The van der Waals surface area contributed by atoms with E-state index >= 15 is 0 Å². The van der Waals surface area contributed by atoms with E-state index < -0.39 is 66.0 Å². The number of hydrogen-bond acceptors (Lipinski definition) is 10. The number of carbonyl (C=O) groups is 7. The zero-order valence-corrected chi connectivity index (χ0v) is 37.0. The molecule has 0 spiro atoms. The first-order chi connectivity index (χ1) is 29.0. The van der Waals surface area contributed by atoms with E-state index in [-0.39, 0.29) is 72.0 Å². The number of aliphatic hydroxyl groups excluding tert-OH is 1. The van der Waals surface area contributed by atoms with Crippen LogP contribution < -0.4 is 10.6 Å². The molecule has 336 valence electrons. The zero-order chi connectivity index (χ0) is 45.2. The van der Waals surface area contributed by atoms with Gasteiger partial charge >= 0.3 is 0 Å². The van der Waals surface area contributed by atoms with E-state index in [1.54, 1.807) is 19.1 Å². The topological polar surface area (TPSA) is 211 Å². The number of benzene rings is 2. The van der Waals surface area contributed by atoms with Crippen molar-refractivity contribution in [1.82, 2.24) is 20.4 Å². The number of ketones is 3. The molecule has 0 saturated carbocycles. The van der Waals surface area contributed by atoms with E-state index in [4.69, 9.17) is 0 Å². The summed E-state index contributed by atoms with van der Waals surface area (Å²) < 4.78 is 0. The van der Waals surface area contributed by atoms with Gasteiger partial charge in [0.15, 0.2) is 17.3 Å². The number of Topliss-reactive ketones (excluding diaryl/α,β-unsaturated/α-hetero) is 3. The van der Waals surface area contributed by atoms with E-state index in [1.807, 2.05) is 0 Å². The van der Waals surface area contributed by atoms with Crippen molar-refractivity contribution in [3.05, 3.63) is 47.5 Å². The second-order valence-corrected chi connectivity index (χ2v) is 16.7. The van der Waals surface area contributed by atoms with Crippen molar-refractivity contribution in [1.29, 1.82) is 0 Å². The largest absolute Gasteiger partial charge is 0.507 e. The number of phenolic OH excluding ortho intramolecular Hbond substituents is 2. The highest BCUT2D eigenvalue weighted by atomic mass is 16.3. The molecule has 0 aliphatic carbocycles. The molecule has 0 saturated heterocycles. The molecule has 5 atom stereocenters. The molecular formula is C47H68N4O10. The van der Waals surface area contributed by atoms with Gasteiger partial charge in [-0.3, -0.25) is 33.6 Å². The third-order valence-electron chi connectivity index (χ3n) is 11.7. The molecular weight excluding hydrogens is 781 g/mol. The Morgan fingerprint density at radius 2 is 1.36 bits per heavy atom. The smallest absolute Gasteiger partial charge is 0.245 e. The van der Waals surface area contributed by atoms with Gasteiger partial charge in [-0.1, -0.05) is 90.2 Å². The lowest BCUT2D eigenvalue weighted by Crippen LogP contribution is -2.53. The number of carbonyl (C=O) groups excluding carboxylic acids is 7. The van der Waals surface area contributed by atoms with Crippen LogP contribution in [0.4, 0.5) is 0 Å². The minimum atomic E-state index is -1.27. The number of fused-ring (bicyclic) bond motifs is 5. The van der Waals surface area contributed by atoms with Gasteiger partial charge in [0.2, 0.25) is 23.6 Å². The first-order valence-corrected chi connectivity index (χ1v) is 21.9. The molecule has 0 unspecified atom stereocenters. The normalized spacial score (nSPS) is 17.7. The van der Waals surface area contributed by atoms with Crippen molar-refractivity contribution in [2.24, 2.45) is 5.92 Å². The predicted octanol–water partition coefficient (Wildman–Crippen LogP) is 5.86. The molecule has 3 rings (SSSR count). The van der Waals surface area contributed by atoms with Gasteiger partial charge < -0.3 is 35.8 Å². The van der Waals surface area contributed by atoms with Gasteiger partial charge in [0.1, 0.15) is 23.6 Å². The maximum Gasteiger partial charge on any atom is 0.245 e. The minimum absolute atomic E-state index is 0.106. The van der Waals surface area contributed by atoms with Crippen molar-refractivity contribution in [3.8, 4) is 22.6 Å². The van der Waals surface area contributed by atoms with Gasteiger partial charge in [-0.25, -0.2) is 0 Å². The number of phenols is 2. The quantitative estimate of drug-likeness (QED) is 0.0891. The number of aromatic hydroxyl groups is 2. The molecule has 2 aromatic carbocycles. The van der Waals surface area contributed by atoms with Crippen LogP contribution in [0.3, 0.4) is 0 Å². The number of likely N-dealkylation sites (N-methyl/N-ethyl adjacent to an activating group) is 2. The molecule has 5 N–H and O–H groups in total. The van der Waals surface area contributed by atoms with E-state index in [1.165, 1.54) is 102 Å².